The number of hydrogen-bond acceptors (Lipinski definition) is 3. The summed E-state index contributed by atoms with van der Waals surface area (Å²) in [5, 5.41) is 2.19. The predicted molar refractivity (Wildman–Crippen MR) is 208 cm³/mol. The van der Waals surface area contributed by atoms with Crippen LogP contribution in [-0.2, 0) is 20.1 Å². The maximum atomic E-state index is 7.35. The zero-order chi connectivity index (χ0) is 36.5. The van der Waals surface area contributed by atoms with E-state index in [-0.39, 0.29) is 20.1 Å². The summed E-state index contributed by atoms with van der Waals surface area (Å²) in [6, 6.07) is 48.7. The molecule has 0 fully saturated rings. The maximum Gasteiger partial charge on any atom is 0 e. The smallest absolute Gasteiger partial charge is 0 e. The Morgan fingerprint density at radius 3 is 2.06 bits per heavy atom. The number of hydrogen-bond donors (Lipinski definition) is 0. The molecule has 5 aromatic carbocycles. The maximum absolute atomic E-state index is 7.35. The van der Waals surface area contributed by atoms with E-state index in [0.29, 0.717) is 5.56 Å². The fourth-order valence-corrected chi connectivity index (χ4v) is 8.11. The molecule has 0 N–H and O–H groups in total. The Balaban J connectivity index is 0.000000199. The van der Waals surface area contributed by atoms with E-state index in [1.165, 1.54) is 27.2 Å². The topological polar surface area (TPSA) is 38.9 Å². The molecule has 8 rings (SSSR count). The first-order valence-electron chi connectivity index (χ1n) is 17.9. The van der Waals surface area contributed by atoms with E-state index in [4.69, 9.17) is 13.5 Å². The quantitative estimate of drug-likeness (QED) is 0.128. The Morgan fingerprint density at radius 1 is 0.680 bits per heavy atom. The molecule has 0 spiro atoms. The Hall–Kier alpha value is -4.61. The largest absolute Gasteiger partial charge is 0 e. The summed E-state index contributed by atoms with van der Waals surface area (Å²) in [5.41, 5.74) is 11.2. The molecule has 3 heterocycles. The molecule has 0 saturated heterocycles. The first kappa shape index (κ1) is 31.4. The van der Waals surface area contributed by atoms with E-state index in [1.54, 1.807) is 12.1 Å². The number of fused-ring (bicyclic) bond motifs is 3. The molecule has 0 aliphatic carbocycles. The van der Waals surface area contributed by atoms with Crippen molar-refractivity contribution in [3.8, 4) is 44.8 Å². The molecule has 249 valence electrons. The van der Waals surface area contributed by atoms with Gasteiger partial charge in [-0.3, -0.25) is 0 Å². The fourth-order valence-electron chi connectivity index (χ4n) is 5.94. The summed E-state index contributed by atoms with van der Waals surface area (Å²) in [6.07, 6.45) is 3.89. The summed E-state index contributed by atoms with van der Waals surface area (Å²) in [5.74, 6) is 6.98. The first-order chi connectivity index (χ1) is 25.0. The molecule has 0 unspecified atom stereocenters. The van der Waals surface area contributed by atoms with Gasteiger partial charge < -0.3 is 9.40 Å². The van der Waals surface area contributed by atoms with Crippen LogP contribution in [0.5, 0.6) is 0 Å². The molecular weight excluding hydrogens is 849 g/mol. The Kier molecular flexibility index (Phi) is 9.48. The second-order valence-electron chi connectivity index (χ2n) is 13.2. The number of nitrogens with zero attached hydrogens (tertiary/aromatic N) is 2. The molecule has 0 atom stereocenters. The van der Waals surface area contributed by atoms with Gasteiger partial charge in [0.15, 0.2) is 0 Å². The van der Waals surface area contributed by atoms with Gasteiger partial charge in [-0.1, -0.05) is 89.8 Å². The van der Waals surface area contributed by atoms with Crippen LogP contribution in [0.15, 0.2) is 144 Å². The fraction of sp³-hybridized carbons (Fsp3) is 0.111. The van der Waals surface area contributed by atoms with Gasteiger partial charge in [0.1, 0.15) is 5.58 Å². The van der Waals surface area contributed by atoms with Gasteiger partial charge in [0.2, 0.25) is 0 Å². The minimum Gasteiger partial charge on any atom is 0 e. The standard InChI is InChI=1S/C30H20NO.C15H18GeN.Ir/c1-20-17-28(31-19-27(20)22-11-6-3-7-12-22)26-14-8-13-25-24-16-15-23(18-29(24)32-30(25)26)21-9-4-2-5-10-21;1-12-5-7-13(8-6-12)15-10-9-14(11-17-15)16(2,3)4;/h2-13,15-19H,1H3;5-7,9-11H,1-4H3;/q2*-1;/i;1D3;. The minimum atomic E-state index is -2.08. The Labute approximate surface area is 315 Å². The zero-order valence-corrected chi connectivity index (χ0v) is 32.9. The van der Waals surface area contributed by atoms with Gasteiger partial charge in [0, 0.05) is 37.3 Å². The van der Waals surface area contributed by atoms with Crippen molar-refractivity contribution in [2.45, 2.75) is 31.0 Å². The van der Waals surface area contributed by atoms with E-state index in [0.717, 1.165) is 55.6 Å². The van der Waals surface area contributed by atoms with Crippen LogP contribution in [0, 0.1) is 25.9 Å². The molecule has 0 amide bonds. The van der Waals surface area contributed by atoms with Crippen LogP contribution in [-0.4, -0.2) is 23.2 Å². The normalized spacial score (nSPS) is 12.3. The predicted octanol–water partition coefficient (Wildman–Crippen LogP) is 11.5. The molecule has 0 aliphatic heterocycles. The molecular formula is C45H38GeIrN2O-2. The average molecular weight is 891 g/mol. The second kappa shape index (κ2) is 15.1. The van der Waals surface area contributed by atoms with Gasteiger partial charge in [-0.2, -0.15) is 0 Å². The number of aryl methyl sites for hydroxylation is 2. The third kappa shape index (κ3) is 7.59. The van der Waals surface area contributed by atoms with Crippen LogP contribution in [0.25, 0.3) is 66.7 Å². The van der Waals surface area contributed by atoms with Crippen LogP contribution in [0.1, 0.15) is 15.2 Å². The van der Waals surface area contributed by atoms with Crippen LogP contribution in [0.3, 0.4) is 0 Å². The van der Waals surface area contributed by atoms with Gasteiger partial charge in [-0.05, 0) is 40.9 Å². The molecule has 50 heavy (non-hydrogen) atoms. The summed E-state index contributed by atoms with van der Waals surface area (Å²) in [7, 11) is 0. The minimum absolute atomic E-state index is 0. The van der Waals surface area contributed by atoms with E-state index < -0.39 is 20.1 Å². The molecule has 0 aliphatic rings. The van der Waals surface area contributed by atoms with E-state index >= 15 is 0 Å². The van der Waals surface area contributed by atoms with Crippen molar-refractivity contribution < 1.29 is 28.6 Å². The molecule has 3 nitrogen and oxygen atoms in total. The zero-order valence-electron chi connectivity index (χ0n) is 31.4. The van der Waals surface area contributed by atoms with Gasteiger partial charge in [-0.15, -0.1) is 18.2 Å². The average Bonchev–Trinajstić information content (AvgIpc) is 3.53. The molecule has 3 aromatic heterocycles. The monoisotopic (exact) mass is 892 g/mol. The summed E-state index contributed by atoms with van der Waals surface area (Å²) in [6.45, 7) is 0.0462. The SMILES string of the molecule is Cc1cc(-c2[c-]ccc3c2oc2cc(-c4ccccc4)ccc23)ncc1-c1ccccc1.[2H]C([2H])([2H])c1c[c-]c(-c2cc[c]([Ge]([CH3])([CH3])[CH3])cn2)cc1.[Ir]. The van der Waals surface area contributed by atoms with Crippen molar-refractivity contribution in [1.29, 1.82) is 0 Å². The summed E-state index contributed by atoms with van der Waals surface area (Å²) >= 11 is -1.83. The third-order valence-electron chi connectivity index (χ3n) is 8.71. The van der Waals surface area contributed by atoms with Crippen LogP contribution < -0.4 is 4.40 Å². The van der Waals surface area contributed by atoms with Crippen molar-refractivity contribution in [1.82, 2.24) is 9.97 Å². The van der Waals surface area contributed by atoms with Crippen molar-refractivity contribution in [2.24, 2.45) is 0 Å². The van der Waals surface area contributed by atoms with Gasteiger partial charge >= 0.3 is 110 Å². The Bertz CT molecular complexity index is 2420. The number of aromatic nitrogens is 2. The molecule has 0 saturated carbocycles. The summed E-state index contributed by atoms with van der Waals surface area (Å²) < 4.78 is 29.8. The van der Waals surface area contributed by atoms with Crippen LogP contribution in [0.4, 0.5) is 0 Å². The molecule has 0 bridgehead atoms. The van der Waals surface area contributed by atoms with Crippen molar-refractivity contribution in [3.63, 3.8) is 0 Å². The Morgan fingerprint density at radius 2 is 1.42 bits per heavy atom. The van der Waals surface area contributed by atoms with Crippen molar-refractivity contribution in [3.05, 3.63) is 163 Å². The number of pyridine rings is 2. The summed E-state index contributed by atoms with van der Waals surface area (Å²) in [4.78, 5) is 9.26. The van der Waals surface area contributed by atoms with Gasteiger partial charge in [0.05, 0.1) is 5.58 Å². The van der Waals surface area contributed by atoms with Crippen LogP contribution in [0.2, 0.25) is 17.3 Å². The van der Waals surface area contributed by atoms with Gasteiger partial charge in [0.25, 0.3) is 0 Å². The van der Waals surface area contributed by atoms with Crippen molar-refractivity contribution in [2.75, 3.05) is 0 Å². The second-order valence-corrected chi connectivity index (χ2v) is 23.9. The molecule has 1 radical (unpaired) electrons. The first-order valence-corrected chi connectivity index (χ1v) is 23.7. The van der Waals surface area contributed by atoms with Crippen LogP contribution >= 0.6 is 0 Å². The third-order valence-corrected chi connectivity index (χ3v) is 13.0. The molecule has 5 heteroatoms. The number of benzene rings is 5. The number of furan rings is 1. The van der Waals surface area contributed by atoms with E-state index in [1.807, 2.05) is 36.7 Å². The van der Waals surface area contributed by atoms with Gasteiger partial charge in [-0.25, -0.2) is 0 Å². The van der Waals surface area contributed by atoms with E-state index in [2.05, 4.69) is 126 Å². The molecule has 8 aromatic rings. The van der Waals surface area contributed by atoms with Crippen molar-refractivity contribution >= 4 is 39.6 Å². The number of rotatable bonds is 5. The van der Waals surface area contributed by atoms with E-state index in [9.17, 15) is 0 Å².